The van der Waals surface area contributed by atoms with Crippen LogP contribution in [0.15, 0.2) is 29.2 Å². The largest absolute Gasteiger partial charge is 0.467 e. The van der Waals surface area contributed by atoms with Gasteiger partial charge in [-0.1, -0.05) is 12.1 Å². The number of hydrogen-bond acceptors (Lipinski definition) is 6. The molecule has 0 amide bonds. The van der Waals surface area contributed by atoms with Crippen LogP contribution in [0.3, 0.4) is 0 Å². The van der Waals surface area contributed by atoms with Gasteiger partial charge >= 0.3 is 5.97 Å². The molecule has 0 spiro atoms. The Balaban J connectivity index is 2.30. The number of esters is 1. The Morgan fingerprint density at radius 1 is 1.45 bits per heavy atom. The molecule has 1 aromatic rings. The highest BCUT2D eigenvalue weighted by atomic mass is 32.2. The van der Waals surface area contributed by atoms with E-state index in [4.69, 9.17) is 9.88 Å². The highest BCUT2D eigenvalue weighted by Gasteiger charge is 2.29. The van der Waals surface area contributed by atoms with Crippen molar-refractivity contribution in [1.29, 1.82) is 0 Å². The maximum absolute atomic E-state index is 11.6. The van der Waals surface area contributed by atoms with Gasteiger partial charge in [0.05, 0.1) is 25.9 Å². The van der Waals surface area contributed by atoms with E-state index in [0.29, 0.717) is 18.8 Å². The summed E-state index contributed by atoms with van der Waals surface area (Å²) in [4.78, 5) is 13.3. The molecule has 7 nitrogen and oxygen atoms in total. The average molecular weight is 300 g/mol. The Morgan fingerprint density at radius 3 is 2.80 bits per heavy atom. The van der Waals surface area contributed by atoms with Gasteiger partial charge in [0, 0.05) is 6.54 Å². The first-order chi connectivity index (χ1) is 9.43. The van der Waals surface area contributed by atoms with Gasteiger partial charge in [-0.05, 0) is 12.1 Å². The fourth-order valence-corrected chi connectivity index (χ4v) is 2.86. The fraction of sp³-hybridized carbons (Fsp3) is 0.417. The maximum atomic E-state index is 11.6. The molecule has 1 unspecified atom stereocenters. The summed E-state index contributed by atoms with van der Waals surface area (Å²) in [5, 5.41) is 5.21. The molecule has 0 aliphatic carbocycles. The number of para-hydroxylation sites is 1. The minimum atomic E-state index is -3.82. The normalized spacial score (nSPS) is 19.7. The topological polar surface area (TPSA) is 98.9 Å². The van der Waals surface area contributed by atoms with Crippen LogP contribution in [0, 0.1) is 0 Å². The number of primary sulfonamides is 1. The van der Waals surface area contributed by atoms with E-state index in [9.17, 15) is 13.2 Å². The number of hydrogen-bond donors (Lipinski definition) is 1. The van der Waals surface area contributed by atoms with Crippen LogP contribution in [-0.2, 0) is 24.3 Å². The van der Waals surface area contributed by atoms with Crippen LogP contribution in [0.4, 0.5) is 5.69 Å². The van der Waals surface area contributed by atoms with E-state index in [2.05, 4.69) is 4.74 Å². The predicted molar refractivity (Wildman–Crippen MR) is 71.8 cm³/mol. The Bertz CT molecular complexity index is 602. The van der Waals surface area contributed by atoms with Crippen molar-refractivity contribution in [2.45, 2.75) is 11.0 Å². The number of rotatable bonds is 3. The van der Waals surface area contributed by atoms with Crippen molar-refractivity contribution in [3.63, 3.8) is 0 Å². The number of methoxy groups -OCH3 is 1. The Kier molecular flexibility index (Phi) is 4.26. The van der Waals surface area contributed by atoms with E-state index in [1.54, 1.807) is 23.1 Å². The van der Waals surface area contributed by atoms with Gasteiger partial charge in [0.1, 0.15) is 4.90 Å². The third-order valence-corrected chi connectivity index (χ3v) is 4.00. The lowest BCUT2D eigenvalue weighted by Crippen LogP contribution is -2.47. The highest BCUT2D eigenvalue weighted by molar-refractivity contribution is 7.89. The number of nitrogens with two attached hydrogens (primary N) is 1. The Hall–Kier alpha value is -1.64. The van der Waals surface area contributed by atoms with E-state index in [1.807, 2.05) is 0 Å². The molecular formula is C12H16N2O5S. The SMILES string of the molecule is COC(=O)C1CN(c2ccccc2S(N)(=O)=O)CCO1. The second-order valence-electron chi connectivity index (χ2n) is 4.34. The van der Waals surface area contributed by atoms with Crippen LogP contribution >= 0.6 is 0 Å². The average Bonchev–Trinajstić information content (AvgIpc) is 2.45. The predicted octanol–water partition coefficient (Wildman–Crippen LogP) is -0.288. The molecule has 1 atom stereocenters. The van der Waals surface area contributed by atoms with E-state index in [1.165, 1.54) is 13.2 Å². The van der Waals surface area contributed by atoms with Crippen molar-refractivity contribution < 1.29 is 22.7 Å². The number of benzene rings is 1. The van der Waals surface area contributed by atoms with Crippen molar-refractivity contribution in [2.24, 2.45) is 5.14 Å². The van der Waals surface area contributed by atoms with Gasteiger partial charge in [-0.3, -0.25) is 0 Å². The summed E-state index contributed by atoms with van der Waals surface area (Å²) in [7, 11) is -2.54. The second-order valence-corrected chi connectivity index (χ2v) is 5.87. The molecule has 1 heterocycles. The molecule has 0 bridgehead atoms. The number of nitrogens with zero attached hydrogens (tertiary/aromatic N) is 1. The lowest BCUT2D eigenvalue weighted by Gasteiger charge is -2.33. The molecule has 20 heavy (non-hydrogen) atoms. The number of morpholine rings is 1. The van der Waals surface area contributed by atoms with E-state index < -0.39 is 22.1 Å². The molecule has 1 aliphatic rings. The molecule has 8 heteroatoms. The van der Waals surface area contributed by atoms with Crippen LogP contribution in [-0.4, -0.2) is 47.3 Å². The first-order valence-electron chi connectivity index (χ1n) is 5.99. The van der Waals surface area contributed by atoms with Crippen LogP contribution in [0.5, 0.6) is 0 Å². The Morgan fingerprint density at radius 2 is 2.15 bits per heavy atom. The van der Waals surface area contributed by atoms with Crippen LogP contribution in [0.1, 0.15) is 0 Å². The Labute approximate surface area is 117 Å². The molecule has 1 aromatic carbocycles. The summed E-state index contributed by atoms with van der Waals surface area (Å²) in [6, 6.07) is 6.40. The van der Waals surface area contributed by atoms with Gasteiger partial charge in [-0.15, -0.1) is 0 Å². The van der Waals surface area contributed by atoms with E-state index >= 15 is 0 Å². The lowest BCUT2D eigenvalue weighted by molar-refractivity contribution is -0.154. The zero-order chi connectivity index (χ0) is 14.8. The van der Waals surface area contributed by atoms with Gasteiger partial charge in [-0.2, -0.15) is 0 Å². The molecule has 1 fully saturated rings. The third kappa shape index (κ3) is 3.09. The molecule has 0 radical (unpaired) electrons. The van der Waals surface area contributed by atoms with E-state index in [0.717, 1.165) is 0 Å². The first-order valence-corrected chi connectivity index (χ1v) is 7.54. The molecule has 110 valence electrons. The van der Waals surface area contributed by atoms with Crippen LogP contribution in [0.2, 0.25) is 0 Å². The molecule has 2 N–H and O–H groups in total. The third-order valence-electron chi connectivity index (χ3n) is 3.04. The monoisotopic (exact) mass is 300 g/mol. The van der Waals surface area contributed by atoms with Crippen molar-refractivity contribution >= 4 is 21.7 Å². The van der Waals surface area contributed by atoms with Crippen molar-refractivity contribution in [3.05, 3.63) is 24.3 Å². The van der Waals surface area contributed by atoms with Gasteiger partial charge in [-0.25, -0.2) is 18.4 Å². The molecular weight excluding hydrogens is 284 g/mol. The lowest BCUT2D eigenvalue weighted by atomic mass is 10.2. The van der Waals surface area contributed by atoms with Crippen molar-refractivity contribution in [2.75, 3.05) is 31.7 Å². The second kappa shape index (κ2) is 5.78. The molecule has 1 aliphatic heterocycles. The van der Waals surface area contributed by atoms with Crippen molar-refractivity contribution in [1.82, 2.24) is 0 Å². The zero-order valence-electron chi connectivity index (χ0n) is 11.0. The molecule has 1 saturated heterocycles. The van der Waals surface area contributed by atoms with Gasteiger partial charge in [0.25, 0.3) is 0 Å². The van der Waals surface area contributed by atoms with E-state index in [-0.39, 0.29) is 11.4 Å². The number of carbonyl (C=O) groups is 1. The van der Waals surface area contributed by atoms with Gasteiger partial charge in [0.15, 0.2) is 6.10 Å². The van der Waals surface area contributed by atoms with Gasteiger partial charge in [0.2, 0.25) is 10.0 Å². The minimum Gasteiger partial charge on any atom is -0.467 e. The van der Waals surface area contributed by atoms with Crippen LogP contribution in [0.25, 0.3) is 0 Å². The highest BCUT2D eigenvalue weighted by Crippen LogP contribution is 2.25. The zero-order valence-corrected chi connectivity index (χ0v) is 11.8. The van der Waals surface area contributed by atoms with Crippen LogP contribution < -0.4 is 10.0 Å². The number of sulfonamides is 1. The number of ether oxygens (including phenoxy) is 2. The first kappa shape index (κ1) is 14.8. The smallest absolute Gasteiger partial charge is 0.336 e. The maximum Gasteiger partial charge on any atom is 0.336 e. The summed E-state index contributed by atoms with van der Waals surface area (Å²) >= 11 is 0. The van der Waals surface area contributed by atoms with Crippen molar-refractivity contribution in [3.8, 4) is 0 Å². The minimum absolute atomic E-state index is 0.0329. The molecule has 0 aromatic heterocycles. The summed E-state index contributed by atoms with van der Waals surface area (Å²) < 4.78 is 33.1. The summed E-state index contributed by atoms with van der Waals surface area (Å²) in [6.07, 6.45) is -0.734. The molecule has 0 saturated carbocycles. The number of anilines is 1. The summed E-state index contributed by atoms with van der Waals surface area (Å²) in [5.74, 6) is -0.484. The van der Waals surface area contributed by atoms with Gasteiger partial charge < -0.3 is 14.4 Å². The summed E-state index contributed by atoms with van der Waals surface area (Å²) in [6.45, 7) is 0.998. The standard InChI is InChI=1S/C12H16N2O5S/c1-18-12(15)10-8-14(6-7-19-10)9-4-2-3-5-11(9)20(13,16)17/h2-5,10H,6-8H2,1H3,(H2,13,16,17). The number of carbonyl (C=O) groups excluding carboxylic acids is 1. The quantitative estimate of drug-likeness (QED) is 0.770. The fourth-order valence-electron chi connectivity index (χ4n) is 2.10. The summed E-state index contributed by atoms with van der Waals surface area (Å²) in [5.41, 5.74) is 0.465. The molecule has 2 rings (SSSR count).